The Morgan fingerprint density at radius 2 is 1.92 bits per heavy atom. The van der Waals surface area contributed by atoms with Gasteiger partial charge in [0.2, 0.25) is 5.91 Å². The van der Waals surface area contributed by atoms with Gasteiger partial charge in [0.25, 0.3) is 0 Å². The molecule has 0 unspecified atom stereocenters. The normalized spacial score (nSPS) is 9.38. The molecule has 3 heteroatoms. The first kappa shape index (κ1) is 14.7. The molecule has 0 aliphatic carbocycles. The van der Waals surface area contributed by atoms with Crippen LogP contribution in [0.5, 0.6) is 0 Å². The number of hydrogen-bond donors (Lipinski definition) is 1. The van der Waals surface area contributed by atoms with Gasteiger partial charge in [-0.15, -0.1) is 0 Å². The molecule has 0 heterocycles. The van der Waals surface area contributed by atoms with Crippen molar-refractivity contribution >= 4 is 5.91 Å². The Labute approximate surface area is 81.6 Å². The zero-order valence-electron chi connectivity index (χ0n) is 9.21. The Hall–Kier alpha value is -0.830. The van der Waals surface area contributed by atoms with E-state index < -0.39 is 5.91 Å². The van der Waals surface area contributed by atoms with Crippen LogP contribution in [0.4, 0.5) is 0 Å². The molecule has 0 aromatic carbocycles. The van der Waals surface area contributed by atoms with Crippen LogP contribution < -0.4 is 5.73 Å². The zero-order valence-corrected chi connectivity index (χ0v) is 9.21. The minimum absolute atomic E-state index is 0.481. The number of rotatable bonds is 4. The van der Waals surface area contributed by atoms with Crippen LogP contribution in [0, 0.1) is 5.92 Å². The number of nitrogens with two attached hydrogens (primary N) is 1. The fourth-order valence-corrected chi connectivity index (χ4v) is 0.516. The van der Waals surface area contributed by atoms with Gasteiger partial charge < -0.3 is 10.6 Å². The molecular weight excluding hydrogens is 164 g/mol. The topological polar surface area (TPSA) is 46.3 Å². The molecule has 0 atom stereocenters. The highest BCUT2D eigenvalue weighted by molar-refractivity contribution is 5.84. The van der Waals surface area contributed by atoms with Crippen LogP contribution >= 0.6 is 0 Å². The molecule has 0 aliphatic rings. The highest BCUT2D eigenvalue weighted by Gasteiger charge is 1.93. The lowest BCUT2D eigenvalue weighted by atomic mass is 10.1. The van der Waals surface area contributed by atoms with Crippen molar-refractivity contribution in [1.29, 1.82) is 0 Å². The van der Waals surface area contributed by atoms with Crippen LogP contribution in [-0.2, 0) is 4.79 Å². The summed E-state index contributed by atoms with van der Waals surface area (Å²) in [6.07, 6.45) is 2.37. The summed E-state index contributed by atoms with van der Waals surface area (Å²) < 4.78 is 0. The van der Waals surface area contributed by atoms with Gasteiger partial charge in [-0.2, -0.15) is 0 Å². The number of hydrogen-bond acceptors (Lipinski definition) is 2. The van der Waals surface area contributed by atoms with E-state index in [0.717, 1.165) is 12.0 Å². The zero-order chi connectivity index (χ0) is 10.9. The Bertz CT molecular complexity index is 134. The van der Waals surface area contributed by atoms with E-state index in [1.54, 1.807) is 0 Å². The molecular formula is C10H22N2O. The van der Waals surface area contributed by atoms with Gasteiger partial charge in [0.1, 0.15) is 0 Å². The van der Waals surface area contributed by atoms with E-state index in [2.05, 4.69) is 45.2 Å². The molecule has 0 aromatic heterocycles. The van der Waals surface area contributed by atoms with Gasteiger partial charge in [0.15, 0.2) is 0 Å². The minimum Gasteiger partial charge on any atom is -0.366 e. The quantitative estimate of drug-likeness (QED) is 0.672. The van der Waals surface area contributed by atoms with E-state index in [1.807, 2.05) is 0 Å². The summed E-state index contributed by atoms with van der Waals surface area (Å²) in [6, 6.07) is 0. The van der Waals surface area contributed by atoms with E-state index in [-0.39, 0.29) is 0 Å². The number of amides is 1. The number of carbonyl (C=O) groups excluding carboxylic acids is 1. The van der Waals surface area contributed by atoms with Crippen molar-refractivity contribution in [2.45, 2.75) is 20.3 Å². The largest absolute Gasteiger partial charge is 0.366 e. The summed E-state index contributed by atoms with van der Waals surface area (Å²) in [7, 11) is 4.23. The molecule has 3 nitrogen and oxygen atoms in total. The van der Waals surface area contributed by atoms with Crippen LogP contribution in [0.15, 0.2) is 12.7 Å². The maximum absolute atomic E-state index is 9.47. The lowest BCUT2D eigenvalue weighted by molar-refractivity contribution is -0.113. The minimum atomic E-state index is -0.481. The molecule has 1 amide bonds. The molecule has 13 heavy (non-hydrogen) atoms. The van der Waals surface area contributed by atoms with Crippen molar-refractivity contribution in [3.05, 3.63) is 12.7 Å². The molecule has 0 radical (unpaired) electrons. The van der Waals surface area contributed by atoms with E-state index in [0.29, 0.717) is 0 Å². The molecule has 2 N–H and O–H groups in total. The fourth-order valence-electron chi connectivity index (χ4n) is 0.516. The highest BCUT2D eigenvalue weighted by atomic mass is 16.1. The predicted molar refractivity (Wildman–Crippen MR) is 57.4 cm³/mol. The summed E-state index contributed by atoms with van der Waals surface area (Å²) in [5, 5.41) is 0. The van der Waals surface area contributed by atoms with Gasteiger partial charge in [-0.1, -0.05) is 20.4 Å². The van der Waals surface area contributed by atoms with Crippen LogP contribution in [0.3, 0.4) is 0 Å². The summed E-state index contributed by atoms with van der Waals surface area (Å²) in [5.74, 6) is 0.363. The Morgan fingerprint density at radius 3 is 2.00 bits per heavy atom. The molecule has 0 bridgehead atoms. The van der Waals surface area contributed by atoms with Crippen molar-refractivity contribution in [1.82, 2.24) is 4.90 Å². The van der Waals surface area contributed by atoms with Crippen LogP contribution in [-0.4, -0.2) is 31.4 Å². The van der Waals surface area contributed by atoms with Crippen molar-refractivity contribution in [3.63, 3.8) is 0 Å². The molecule has 0 aliphatic heterocycles. The van der Waals surface area contributed by atoms with Crippen molar-refractivity contribution in [3.8, 4) is 0 Å². The number of nitrogens with zero attached hydrogens (tertiary/aromatic N) is 1. The second-order valence-corrected chi connectivity index (χ2v) is 3.59. The van der Waals surface area contributed by atoms with Gasteiger partial charge in [-0.3, -0.25) is 4.79 Å². The Morgan fingerprint density at radius 1 is 1.54 bits per heavy atom. The Kier molecular flexibility index (Phi) is 10.5. The smallest absolute Gasteiger partial charge is 0.240 e. The maximum atomic E-state index is 9.47. The fraction of sp³-hybridized carbons (Fsp3) is 0.700. The predicted octanol–water partition coefficient (Wildman–Crippen LogP) is 1.25. The van der Waals surface area contributed by atoms with Crippen molar-refractivity contribution in [2.75, 3.05) is 20.6 Å². The van der Waals surface area contributed by atoms with Gasteiger partial charge in [-0.05, 0) is 39.1 Å². The molecule has 0 saturated heterocycles. The Balaban J connectivity index is 0. The summed E-state index contributed by atoms with van der Waals surface area (Å²) in [5.41, 5.74) is 4.53. The van der Waals surface area contributed by atoms with Crippen molar-refractivity contribution in [2.24, 2.45) is 11.7 Å². The van der Waals surface area contributed by atoms with Crippen molar-refractivity contribution < 1.29 is 4.79 Å². The van der Waals surface area contributed by atoms with E-state index >= 15 is 0 Å². The van der Waals surface area contributed by atoms with E-state index in [1.165, 1.54) is 13.0 Å². The SMILES string of the molecule is C=CC(N)=O.CC(C)CCN(C)C. The lowest BCUT2D eigenvalue weighted by Crippen LogP contribution is -2.14. The molecule has 0 saturated carbocycles. The first-order chi connectivity index (χ1) is 5.90. The van der Waals surface area contributed by atoms with Crippen LogP contribution in [0.2, 0.25) is 0 Å². The summed E-state index contributed by atoms with van der Waals surface area (Å²) >= 11 is 0. The van der Waals surface area contributed by atoms with Gasteiger partial charge in [-0.25, -0.2) is 0 Å². The molecule has 78 valence electrons. The summed E-state index contributed by atoms with van der Waals surface area (Å²) in [6.45, 7) is 8.81. The molecule has 0 spiro atoms. The van der Waals surface area contributed by atoms with Gasteiger partial charge >= 0.3 is 0 Å². The third-order valence-electron chi connectivity index (χ3n) is 1.35. The van der Waals surface area contributed by atoms with Gasteiger partial charge in [0, 0.05) is 0 Å². The number of primary amides is 1. The maximum Gasteiger partial charge on any atom is 0.240 e. The monoisotopic (exact) mass is 186 g/mol. The standard InChI is InChI=1S/C7H17N.C3H5NO/c1-7(2)5-6-8(3)4;1-2-3(4)5/h7H,5-6H2,1-4H3;2H,1H2,(H2,4,5). The van der Waals surface area contributed by atoms with E-state index in [4.69, 9.17) is 0 Å². The van der Waals surface area contributed by atoms with Crippen LogP contribution in [0.1, 0.15) is 20.3 Å². The second kappa shape index (κ2) is 9.26. The first-order valence-electron chi connectivity index (χ1n) is 4.46. The average molecular weight is 186 g/mol. The lowest BCUT2D eigenvalue weighted by Gasteiger charge is -2.10. The first-order valence-corrected chi connectivity index (χ1v) is 4.46. The molecule has 0 aromatic rings. The third-order valence-corrected chi connectivity index (χ3v) is 1.35. The highest BCUT2D eigenvalue weighted by Crippen LogP contribution is 1.98. The van der Waals surface area contributed by atoms with Crippen LogP contribution in [0.25, 0.3) is 0 Å². The molecule has 0 fully saturated rings. The van der Waals surface area contributed by atoms with Gasteiger partial charge in [0.05, 0.1) is 0 Å². The summed E-state index contributed by atoms with van der Waals surface area (Å²) in [4.78, 5) is 11.7. The number of carbonyl (C=O) groups is 1. The molecule has 0 rings (SSSR count). The third kappa shape index (κ3) is 24.7. The second-order valence-electron chi connectivity index (χ2n) is 3.59. The average Bonchev–Trinajstić information content (AvgIpc) is 2.02. The van der Waals surface area contributed by atoms with E-state index in [9.17, 15) is 4.79 Å².